The Hall–Kier alpha value is -1.00. The molecule has 1 aromatic heterocycles. The second-order valence-corrected chi connectivity index (χ2v) is 6.22. The van der Waals surface area contributed by atoms with Crippen LogP contribution >= 0.6 is 11.6 Å². The lowest BCUT2D eigenvalue weighted by Crippen LogP contribution is -2.41. The number of rotatable bonds is 6. The number of hydrogen-bond acceptors (Lipinski definition) is 2. The molecule has 1 N–H and O–H groups in total. The number of nitrogens with zero attached hydrogens (tertiary/aromatic N) is 2. The van der Waals surface area contributed by atoms with Crippen molar-refractivity contribution in [3.05, 3.63) is 23.0 Å². The number of amides is 1. The molecule has 1 aliphatic rings. The zero-order chi connectivity index (χ0) is 15.2. The molecular formula is C16H26ClN3O. The van der Waals surface area contributed by atoms with E-state index >= 15 is 0 Å². The van der Waals surface area contributed by atoms with Crippen molar-refractivity contribution in [1.82, 2.24) is 14.8 Å². The Morgan fingerprint density at radius 1 is 1.38 bits per heavy atom. The van der Waals surface area contributed by atoms with E-state index in [1.165, 1.54) is 0 Å². The molecule has 4 nitrogen and oxygen atoms in total. The fraction of sp³-hybridized carbons (Fsp3) is 0.688. The molecule has 0 aromatic carbocycles. The molecule has 0 unspecified atom stereocenters. The molecule has 1 aliphatic heterocycles. The lowest BCUT2D eigenvalue weighted by molar-refractivity contribution is 0.0679. The number of nitrogens with one attached hydrogen (secondary N) is 1. The third-order valence-corrected chi connectivity index (χ3v) is 4.34. The van der Waals surface area contributed by atoms with E-state index in [0.29, 0.717) is 10.9 Å². The van der Waals surface area contributed by atoms with Crippen molar-refractivity contribution in [1.29, 1.82) is 0 Å². The number of hydrogen-bond donors (Lipinski definition) is 1. The van der Waals surface area contributed by atoms with Gasteiger partial charge in [0, 0.05) is 25.8 Å². The first-order valence-corrected chi connectivity index (χ1v) is 8.39. The van der Waals surface area contributed by atoms with Gasteiger partial charge in [0.1, 0.15) is 5.69 Å². The molecule has 1 aromatic rings. The van der Waals surface area contributed by atoms with Crippen molar-refractivity contribution in [2.24, 2.45) is 5.92 Å². The summed E-state index contributed by atoms with van der Waals surface area (Å²) >= 11 is 6.06. The first kappa shape index (κ1) is 16.4. The quantitative estimate of drug-likeness (QED) is 0.877. The van der Waals surface area contributed by atoms with Crippen LogP contribution in [0.3, 0.4) is 0 Å². The molecular weight excluding hydrogens is 286 g/mol. The molecule has 1 fully saturated rings. The predicted molar refractivity (Wildman–Crippen MR) is 86.9 cm³/mol. The molecule has 0 spiro atoms. The monoisotopic (exact) mass is 311 g/mol. The van der Waals surface area contributed by atoms with Gasteiger partial charge in [-0.05, 0) is 44.3 Å². The first-order valence-electron chi connectivity index (χ1n) is 8.01. The number of halogens is 1. The molecule has 118 valence electrons. The molecule has 2 rings (SSSR count). The average Bonchev–Trinajstić information content (AvgIpc) is 2.86. The fourth-order valence-corrected chi connectivity index (χ4v) is 3.15. The number of likely N-dealkylation sites (tertiary alicyclic amines) is 1. The van der Waals surface area contributed by atoms with E-state index in [1.54, 1.807) is 6.07 Å². The van der Waals surface area contributed by atoms with Gasteiger partial charge in [-0.25, -0.2) is 0 Å². The largest absolute Gasteiger partial charge is 0.342 e. The normalized spacial score (nSPS) is 16.4. The minimum Gasteiger partial charge on any atom is -0.342 e. The Morgan fingerprint density at radius 3 is 2.71 bits per heavy atom. The number of carbonyl (C=O) groups excluding carboxylic acids is 1. The molecule has 0 saturated carbocycles. The second-order valence-electron chi connectivity index (χ2n) is 5.78. The van der Waals surface area contributed by atoms with E-state index in [-0.39, 0.29) is 5.91 Å². The Kier molecular flexibility index (Phi) is 6.12. The van der Waals surface area contributed by atoms with Crippen molar-refractivity contribution >= 4 is 17.5 Å². The maximum atomic E-state index is 12.7. The van der Waals surface area contributed by atoms with Gasteiger partial charge in [-0.1, -0.05) is 25.4 Å². The zero-order valence-corrected chi connectivity index (χ0v) is 13.8. The van der Waals surface area contributed by atoms with Crippen LogP contribution < -0.4 is 5.32 Å². The highest BCUT2D eigenvalue weighted by atomic mass is 35.5. The van der Waals surface area contributed by atoms with Gasteiger partial charge >= 0.3 is 0 Å². The summed E-state index contributed by atoms with van der Waals surface area (Å²) in [4.78, 5) is 14.6. The van der Waals surface area contributed by atoms with Crippen molar-refractivity contribution < 1.29 is 4.79 Å². The summed E-state index contributed by atoms with van der Waals surface area (Å²) in [6, 6.07) is 1.80. The summed E-state index contributed by atoms with van der Waals surface area (Å²) in [5.74, 6) is 0.817. The van der Waals surface area contributed by atoms with Crippen molar-refractivity contribution in [3.63, 3.8) is 0 Å². The van der Waals surface area contributed by atoms with Crippen LogP contribution in [0, 0.1) is 5.92 Å². The van der Waals surface area contributed by atoms with Gasteiger partial charge in [0.05, 0.1) is 5.02 Å². The van der Waals surface area contributed by atoms with Crippen LogP contribution in [0.2, 0.25) is 5.02 Å². The summed E-state index contributed by atoms with van der Waals surface area (Å²) in [7, 11) is 0. The first-order chi connectivity index (χ1) is 10.2. The van der Waals surface area contributed by atoms with Gasteiger partial charge < -0.3 is 14.8 Å². The van der Waals surface area contributed by atoms with Crippen LogP contribution in [0.5, 0.6) is 0 Å². The number of aromatic nitrogens is 1. The van der Waals surface area contributed by atoms with E-state index in [0.717, 1.165) is 57.7 Å². The summed E-state index contributed by atoms with van der Waals surface area (Å²) < 4.78 is 1.98. The second kappa shape index (κ2) is 7.85. The van der Waals surface area contributed by atoms with E-state index < -0.39 is 0 Å². The Balaban J connectivity index is 1.95. The zero-order valence-electron chi connectivity index (χ0n) is 13.1. The van der Waals surface area contributed by atoms with E-state index in [1.807, 2.05) is 15.7 Å². The molecule has 0 bridgehead atoms. The molecule has 0 radical (unpaired) electrons. The van der Waals surface area contributed by atoms with E-state index in [4.69, 9.17) is 11.6 Å². The Labute approximate surface area is 132 Å². The molecule has 2 heterocycles. The van der Waals surface area contributed by atoms with Crippen molar-refractivity contribution in [3.8, 4) is 0 Å². The summed E-state index contributed by atoms with van der Waals surface area (Å²) in [5, 5.41) is 4.04. The van der Waals surface area contributed by atoms with Crippen LogP contribution in [0.4, 0.5) is 0 Å². The SMILES string of the molecule is CCCn1cc(Cl)cc1C(=O)N1CCC(CNCC)CC1. The molecule has 5 heteroatoms. The highest BCUT2D eigenvalue weighted by Gasteiger charge is 2.25. The van der Waals surface area contributed by atoms with Gasteiger partial charge in [0.15, 0.2) is 0 Å². The van der Waals surface area contributed by atoms with Gasteiger partial charge in [0.2, 0.25) is 0 Å². The molecule has 0 atom stereocenters. The Morgan fingerprint density at radius 2 is 2.10 bits per heavy atom. The summed E-state index contributed by atoms with van der Waals surface area (Å²) in [6.45, 7) is 8.86. The summed E-state index contributed by atoms with van der Waals surface area (Å²) in [5.41, 5.74) is 0.729. The third kappa shape index (κ3) is 4.24. The van der Waals surface area contributed by atoms with Gasteiger partial charge in [-0.2, -0.15) is 0 Å². The molecule has 0 aliphatic carbocycles. The van der Waals surface area contributed by atoms with E-state index in [9.17, 15) is 4.79 Å². The van der Waals surface area contributed by atoms with Gasteiger partial charge in [0.25, 0.3) is 5.91 Å². The minimum absolute atomic E-state index is 0.122. The molecule has 21 heavy (non-hydrogen) atoms. The third-order valence-electron chi connectivity index (χ3n) is 4.13. The minimum atomic E-state index is 0.122. The fourth-order valence-electron chi connectivity index (χ4n) is 2.93. The summed E-state index contributed by atoms with van der Waals surface area (Å²) in [6.07, 6.45) is 5.02. The maximum absolute atomic E-state index is 12.7. The van der Waals surface area contributed by atoms with Crippen LogP contribution in [0.25, 0.3) is 0 Å². The number of aryl methyl sites for hydroxylation is 1. The molecule has 1 amide bonds. The molecule has 1 saturated heterocycles. The number of carbonyl (C=O) groups is 1. The highest BCUT2D eigenvalue weighted by molar-refractivity contribution is 6.31. The maximum Gasteiger partial charge on any atom is 0.270 e. The van der Waals surface area contributed by atoms with Gasteiger partial charge in [-0.3, -0.25) is 4.79 Å². The average molecular weight is 312 g/mol. The lowest BCUT2D eigenvalue weighted by Gasteiger charge is -2.32. The van der Waals surface area contributed by atoms with Crippen LogP contribution in [0.15, 0.2) is 12.3 Å². The van der Waals surface area contributed by atoms with Crippen LogP contribution in [-0.4, -0.2) is 41.6 Å². The van der Waals surface area contributed by atoms with Crippen LogP contribution in [-0.2, 0) is 6.54 Å². The lowest BCUT2D eigenvalue weighted by atomic mass is 9.96. The highest BCUT2D eigenvalue weighted by Crippen LogP contribution is 2.21. The standard InChI is InChI=1S/C16H26ClN3O/c1-3-7-20-12-14(17)10-15(20)16(21)19-8-5-13(6-9-19)11-18-4-2/h10,12-13,18H,3-9,11H2,1-2H3. The predicted octanol–water partition coefficient (Wildman–Crippen LogP) is 3.01. The van der Waals surface area contributed by atoms with Gasteiger partial charge in [-0.15, -0.1) is 0 Å². The van der Waals surface area contributed by atoms with Crippen molar-refractivity contribution in [2.45, 2.75) is 39.7 Å². The smallest absolute Gasteiger partial charge is 0.270 e. The van der Waals surface area contributed by atoms with Crippen LogP contribution in [0.1, 0.15) is 43.6 Å². The Bertz CT molecular complexity index is 464. The topological polar surface area (TPSA) is 37.3 Å². The number of piperidine rings is 1. The van der Waals surface area contributed by atoms with E-state index in [2.05, 4.69) is 19.2 Å². The van der Waals surface area contributed by atoms with Crippen molar-refractivity contribution in [2.75, 3.05) is 26.2 Å².